The fourth-order valence-electron chi connectivity index (χ4n) is 2.36. The van der Waals surface area contributed by atoms with Crippen molar-refractivity contribution in [3.63, 3.8) is 0 Å². The van der Waals surface area contributed by atoms with Crippen molar-refractivity contribution in [2.45, 2.75) is 13.3 Å². The number of hydrogen-bond acceptors (Lipinski definition) is 3. The second-order valence-electron chi connectivity index (χ2n) is 4.72. The first-order valence-corrected chi connectivity index (χ1v) is 5.97. The SMILES string of the molecule is Cc1ccc(C(N)=O)c(N2CCC(CN)C2)c1. The van der Waals surface area contributed by atoms with Gasteiger partial charge in [-0.25, -0.2) is 0 Å². The van der Waals surface area contributed by atoms with E-state index >= 15 is 0 Å². The van der Waals surface area contributed by atoms with Gasteiger partial charge in [0.15, 0.2) is 0 Å². The third kappa shape index (κ3) is 2.42. The van der Waals surface area contributed by atoms with Crippen LogP contribution in [-0.2, 0) is 0 Å². The molecule has 0 aromatic heterocycles. The number of amides is 1. The van der Waals surface area contributed by atoms with Crippen molar-refractivity contribution in [1.82, 2.24) is 0 Å². The summed E-state index contributed by atoms with van der Waals surface area (Å²) in [5.41, 5.74) is 13.8. The van der Waals surface area contributed by atoms with Gasteiger partial charge in [0, 0.05) is 18.8 Å². The Hall–Kier alpha value is -1.55. The van der Waals surface area contributed by atoms with Crippen molar-refractivity contribution in [3.05, 3.63) is 29.3 Å². The Morgan fingerprint density at radius 3 is 2.88 bits per heavy atom. The summed E-state index contributed by atoms with van der Waals surface area (Å²) in [4.78, 5) is 13.6. The van der Waals surface area contributed by atoms with Crippen molar-refractivity contribution in [3.8, 4) is 0 Å². The van der Waals surface area contributed by atoms with Gasteiger partial charge >= 0.3 is 0 Å². The van der Waals surface area contributed by atoms with Crippen LogP contribution in [-0.4, -0.2) is 25.5 Å². The number of hydrogen-bond donors (Lipinski definition) is 2. The lowest BCUT2D eigenvalue weighted by Gasteiger charge is -2.21. The highest BCUT2D eigenvalue weighted by atomic mass is 16.1. The number of primary amides is 1. The van der Waals surface area contributed by atoms with Crippen LogP contribution >= 0.6 is 0 Å². The quantitative estimate of drug-likeness (QED) is 0.814. The van der Waals surface area contributed by atoms with Gasteiger partial charge in [-0.1, -0.05) is 6.07 Å². The van der Waals surface area contributed by atoms with Crippen molar-refractivity contribution in [1.29, 1.82) is 0 Å². The topological polar surface area (TPSA) is 72.4 Å². The summed E-state index contributed by atoms with van der Waals surface area (Å²) in [6.45, 7) is 4.59. The molecule has 4 heteroatoms. The van der Waals surface area contributed by atoms with Gasteiger partial charge in [-0.2, -0.15) is 0 Å². The van der Waals surface area contributed by atoms with Crippen LogP contribution in [0.25, 0.3) is 0 Å². The van der Waals surface area contributed by atoms with Crippen LogP contribution < -0.4 is 16.4 Å². The smallest absolute Gasteiger partial charge is 0.250 e. The number of carbonyl (C=O) groups excluding carboxylic acids is 1. The van der Waals surface area contributed by atoms with Gasteiger partial charge < -0.3 is 16.4 Å². The largest absolute Gasteiger partial charge is 0.371 e. The van der Waals surface area contributed by atoms with Gasteiger partial charge in [0.05, 0.1) is 5.56 Å². The third-order valence-corrected chi connectivity index (χ3v) is 3.38. The molecular formula is C13H19N3O. The molecule has 1 unspecified atom stereocenters. The normalized spacial score (nSPS) is 19.6. The van der Waals surface area contributed by atoms with Gasteiger partial charge in [0.2, 0.25) is 0 Å². The molecule has 0 spiro atoms. The molecule has 1 heterocycles. The fraction of sp³-hybridized carbons (Fsp3) is 0.462. The lowest BCUT2D eigenvalue weighted by Crippen LogP contribution is -2.25. The fourth-order valence-corrected chi connectivity index (χ4v) is 2.36. The van der Waals surface area contributed by atoms with E-state index in [0.29, 0.717) is 18.0 Å². The van der Waals surface area contributed by atoms with Gasteiger partial charge in [-0.15, -0.1) is 0 Å². The maximum Gasteiger partial charge on any atom is 0.250 e. The number of carbonyl (C=O) groups is 1. The average molecular weight is 233 g/mol. The number of nitrogens with two attached hydrogens (primary N) is 2. The molecule has 2 rings (SSSR count). The average Bonchev–Trinajstić information content (AvgIpc) is 2.76. The van der Waals surface area contributed by atoms with E-state index in [1.165, 1.54) is 0 Å². The lowest BCUT2D eigenvalue weighted by atomic mass is 10.1. The molecule has 1 aliphatic rings. The summed E-state index contributed by atoms with van der Waals surface area (Å²) in [7, 11) is 0. The molecule has 1 amide bonds. The molecule has 0 radical (unpaired) electrons. The van der Waals surface area contributed by atoms with Gasteiger partial charge in [-0.3, -0.25) is 4.79 Å². The summed E-state index contributed by atoms with van der Waals surface area (Å²) >= 11 is 0. The molecule has 0 saturated carbocycles. The highest BCUT2D eigenvalue weighted by Gasteiger charge is 2.24. The monoisotopic (exact) mass is 233 g/mol. The Balaban J connectivity index is 2.31. The summed E-state index contributed by atoms with van der Waals surface area (Å²) in [6, 6.07) is 5.75. The first-order chi connectivity index (χ1) is 8.11. The molecule has 4 N–H and O–H groups in total. The molecule has 0 aliphatic carbocycles. The Kier molecular flexibility index (Phi) is 3.33. The third-order valence-electron chi connectivity index (χ3n) is 3.38. The number of nitrogens with zero attached hydrogens (tertiary/aromatic N) is 1. The zero-order valence-electron chi connectivity index (χ0n) is 10.1. The summed E-state index contributed by atoms with van der Waals surface area (Å²) in [5, 5.41) is 0. The van der Waals surface area contributed by atoms with E-state index in [1.807, 2.05) is 25.1 Å². The molecule has 17 heavy (non-hydrogen) atoms. The van der Waals surface area contributed by atoms with Crippen molar-refractivity contribution in [2.24, 2.45) is 17.4 Å². The highest BCUT2D eigenvalue weighted by Crippen LogP contribution is 2.27. The van der Waals surface area contributed by atoms with Crippen LogP contribution in [0.2, 0.25) is 0 Å². The van der Waals surface area contributed by atoms with Crippen molar-refractivity contribution >= 4 is 11.6 Å². The van der Waals surface area contributed by atoms with E-state index in [2.05, 4.69) is 4.90 Å². The second kappa shape index (κ2) is 4.75. The van der Waals surface area contributed by atoms with Gasteiger partial charge in [0.1, 0.15) is 0 Å². The van der Waals surface area contributed by atoms with E-state index in [4.69, 9.17) is 11.5 Å². The zero-order chi connectivity index (χ0) is 12.4. The molecule has 1 aliphatic heterocycles. The number of aryl methyl sites for hydroxylation is 1. The van der Waals surface area contributed by atoms with Crippen LogP contribution in [0.3, 0.4) is 0 Å². The minimum atomic E-state index is -0.365. The zero-order valence-corrected chi connectivity index (χ0v) is 10.1. The van der Waals surface area contributed by atoms with E-state index in [0.717, 1.165) is 30.8 Å². The predicted molar refractivity (Wildman–Crippen MR) is 69.1 cm³/mol. The Bertz CT molecular complexity index is 431. The van der Waals surface area contributed by atoms with Crippen molar-refractivity contribution < 1.29 is 4.79 Å². The Morgan fingerprint density at radius 1 is 1.53 bits per heavy atom. The minimum Gasteiger partial charge on any atom is -0.371 e. The van der Waals surface area contributed by atoms with Crippen LogP contribution in [0.15, 0.2) is 18.2 Å². The van der Waals surface area contributed by atoms with E-state index in [-0.39, 0.29) is 5.91 Å². The van der Waals surface area contributed by atoms with E-state index in [1.54, 1.807) is 0 Å². The molecular weight excluding hydrogens is 214 g/mol. The predicted octanol–water partition coefficient (Wildman–Crippen LogP) is 0.879. The molecule has 92 valence electrons. The molecule has 1 aromatic carbocycles. The van der Waals surface area contributed by atoms with E-state index < -0.39 is 0 Å². The summed E-state index contributed by atoms with van der Waals surface area (Å²) in [6.07, 6.45) is 1.09. The second-order valence-corrected chi connectivity index (χ2v) is 4.72. The van der Waals surface area contributed by atoms with Crippen LogP contribution in [0.5, 0.6) is 0 Å². The number of benzene rings is 1. The first-order valence-electron chi connectivity index (χ1n) is 5.97. The Labute approximate surface area is 102 Å². The van der Waals surface area contributed by atoms with Crippen LogP contribution in [0.1, 0.15) is 22.3 Å². The molecule has 1 fully saturated rings. The van der Waals surface area contributed by atoms with Crippen LogP contribution in [0, 0.1) is 12.8 Å². The lowest BCUT2D eigenvalue weighted by molar-refractivity contribution is 0.100. The standard InChI is InChI=1S/C13H19N3O/c1-9-2-3-11(13(15)17)12(6-9)16-5-4-10(7-14)8-16/h2-3,6,10H,4-5,7-8,14H2,1H3,(H2,15,17). The molecule has 4 nitrogen and oxygen atoms in total. The molecule has 1 atom stereocenters. The minimum absolute atomic E-state index is 0.365. The first kappa shape index (κ1) is 11.9. The number of rotatable bonds is 3. The molecule has 0 bridgehead atoms. The molecule has 1 saturated heterocycles. The maximum absolute atomic E-state index is 11.4. The van der Waals surface area contributed by atoms with E-state index in [9.17, 15) is 4.79 Å². The van der Waals surface area contributed by atoms with Crippen molar-refractivity contribution in [2.75, 3.05) is 24.5 Å². The summed E-state index contributed by atoms with van der Waals surface area (Å²) < 4.78 is 0. The number of anilines is 1. The van der Waals surface area contributed by atoms with Gasteiger partial charge in [-0.05, 0) is 43.5 Å². The molecule has 1 aromatic rings. The summed E-state index contributed by atoms with van der Waals surface area (Å²) in [5.74, 6) is 0.160. The highest BCUT2D eigenvalue weighted by molar-refractivity contribution is 5.98. The maximum atomic E-state index is 11.4. The van der Waals surface area contributed by atoms with Crippen LogP contribution in [0.4, 0.5) is 5.69 Å². The van der Waals surface area contributed by atoms with Gasteiger partial charge in [0.25, 0.3) is 5.91 Å². The Morgan fingerprint density at radius 2 is 2.29 bits per heavy atom.